The molecule has 1 aliphatic rings. The van der Waals surface area contributed by atoms with Gasteiger partial charge in [0.1, 0.15) is 11.5 Å². The van der Waals surface area contributed by atoms with Crippen molar-refractivity contribution in [1.29, 1.82) is 0 Å². The summed E-state index contributed by atoms with van der Waals surface area (Å²) in [6.07, 6.45) is 1.55. The number of hydrogen-bond acceptors (Lipinski definition) is 2. The Balaban J connectivity index is 2.29. The first-order chi connectivity index (χ1) is 9.29. The van der Waals surface area contributed by atoms with Crippen molar-refractivity contribution in [2.75, 3.05) is 0 Å². The van der Waals surface area contributed by atoms with Gasteiger partial charge in [-0.2, -0.15) is 19.0 Å². The lowest BCUT2D eigenvalue weighted by molar-refractivity contribution is 0.0283. The van der Waals surface area contributed by atoms with Crippen LogP contribution >= 0.6 is 45.2 Å². The molecule has 1 unspecified atom stereocenters. The minimum atomic E-state index is -3.49. The van der Waals surface area contributed by atoms with Crippen molar-refractivity contribution in [1.82, 2.24) is 0 Å². The van der Waals surface area contributed by atoms with Gasteiger partial charge in [0.2, 0.25) is 0 Å². The predicted molar refractivity (Wildman–Crippen MR) is 83.7 cm³/mol. The minimum Gasteiger partial charge on any atom is -0.209 e. The van der Waals surface area contributed by atoms with E-state index in [4.69, 9.17) is 0 Å². The zero-order chi connectivity index (χ0) is 14.9. The first-order valence-electron chi connectivity index (χ1n) is 5.29. The number of azo groups is 1. The molecule has 106 valence electrons. The van der Waals surface area contributed by atoms with Gasteiger partial charge < -0.3 is 0 Å². The molecule has 1 aliphatic carbocycles. The Bertz CT molecular complexity index is 626. The van der Waals surface area contributed by atoms with E-state index >= 15 is 0 Å². The fourth-order valence-electron chi connectivity index (χ4n) is 1.51. The molecule has 1 aromatic carbocycles. The third-order valence-corrected chi connectivity index (χ3v) is 3.72. The fourth-order valence-corrected chi connectivity index (χ4v) is 2.68. The second kappa shape index (κ2) is 6.08. The predicted octanol–water partition coefficient (Wildman–Crippen LogP) is 5.70. The Labute approximate surface area is 139 Å². The van der Waals surface area contributed by atoms with Gasteiger partial charge in [0, 0.05) is 13.2 Å². The molecule has 0 saturated heterocycles. The molecule has 0 fully saturated rings. The molecule has 0 bridgehead atoms. The molecule has 0 N–H and O–H groups in total. The molecule has 0 aliphatic heterocycles. The fraction of sp³-hybridized carbons (Fsp3) is 0.167. The molecule has 0 aromatic heterocycles. The van der Waals surface area contributed by atoms with Crippen LogP contribution in [0, 0.1) is 9.39 Å². The maximum atomic E-state index is 13.6. The summed E-state index contributed by atoms with van der Waals surface area (Å²) < 4.78 is 55.0. The van der Waals surface area contributed by atoms with E-state index in [0.29, 0.717) is 9.65 Å². The quantitative estimate of drug-likeness (QED) is 0.278. The second-order valence-electron chi connectivity index (χ2n) is 3.95. The summed E-state index contributed by atoms with van der Waals surface area (Å²) in [5.74, 6) is -5.29. The maximum absolute atomic E-state index is 13.6. The number of nitrogens with zero attached hydrogens (tertiary/aromatic N) is 2. The molecule has 0 amide bonds. The second-order valence-corrected chi connectivity index (χ2v) is 6.44. The van der Waals surface area contributed by atoms with Crippen LogP contribution in [0.15, 0.2) is 50.0 Å². The van der Waals surface area contributed by atoms with Crippen LogP contribution < -0.4 is 0 Å². The summed E-state index contributed by atoms with van der Waals surface area (Å²) in [6, 6.07) is 1.97. The number of allylic oxidation sites excluding steroid dienone is 2. The molecule has 0 radical (unpaired) electrons. The van der Waals surface area contributed by atoms with Crippen molar-refractivity contribution in [2.24, 2.45) is 10.2 Å². The van der Waals surface area contributed by atoms with Crippen LogP contribution in [0.25, 0.3) is 0 Å². The van der Waals surface area contributed by atoms with Crippen molar-refractivity contribution in [2.45, 2.75) is 12.0 Å². The van der Waals surface area contributed by atoms with Crippen molar-refractivity contribution in [3.05, 3.63) is 49.1 Å². The first-order valence-corrected chi connectivity index (χ1v) is 7.44. The highest BCUT2D eigenvalue weighted by Crippen LogP contribution is 2.37. The Morgan fingerprint density at radius 3 is 2.45 bits per heavy atom. The third-order valence-electron chi connectivity index (χ3n) is 2.42. The Kier molecular flexibility index (Phi) is 4.82. The zero-order valence-electron chi connectivity index (χ0n) is 9.63. The van der Waals surface area contributed by atoms with Gasteiger partial charge in [0.05, 0.1) is 0 Å². The largest absolute Gasteiger partial charge is 0.297 e. The van der Waals surface area contributed by atoms with Gasteiger partial charge in [0.15, 0.2) is 11.9 Å². The number of rotatable bonds is 2. The summed E-state index contributed by atoms with van der Waals surface area (Å²) in [5.41, 5.74) is -0.210. The van der Waals surface area contributed by atoms with Crippen LogP contribution in [0.3, 0.4) is 0 Å². The molecule has 1 atom stereocenters. The molecule has 1 aromatic rings. The Morgan fingerprint density at radius 2 is 1.85 bits per heavy atom. The van der Waals surface area contributed by atoms with Crippen molar-refractivity contribution in [3.8, 4) is 0 Å². The summed E-state index contributed by atoms with van der Waals surface area (Å²) in [4.78, 5) is 0. The van der Waals surface area contributed by atoms with Gasteiger partial charge in [-0.25, -0.2) is 8.78 Å². The van der Waals surface area contributed by atoms with Gasteiger partial charge >= 0.3 is 0 Å². The van der Waals surface area contributed by atoms with E-state index in [2.05, 4.69) is 10.2 Å². The lowest BCUT2D eigenvalue weighted by Crippen LogP contribution is -2.32. The van der Waals surface area contributed by atoms with E-state index in [-0.39, 0.29) is 9.27 Å². The smallest absolute Gasteiger partial charge is 0.209 e. The molecule has 8 heteroatoms. The van der Waals surface area contributed by atoms with Gasteiger partial charge in [-0.15, -0.1) is 0 Å². The van der Waals surface area contributed by atoms with Crippen molar-refractivity contribution >= 4 is 50.9 Å². The molecule has 0 heterocycles. The normalized spacial score (nSPS) is 21.8. The lowest BCUT2D eigenvalue weighted by Gasteiger charge is -2.21. The molecule has 0 spiro atoms. The summed E-state index contributed by atoms with van der Waals surface area (Å²) in [6.45, 7) is 0. The number of benzene rings is 1. The van der Waals surface area contributed by atoms with Crippen LogP contribution in [-0.4, -0.2) is 12.0 Å². The van der Waals surface area contributed by atoms with Gasteiger partial charge in [-0.05, 0) is 69.5 Å². The van der Waals surface area contributed by atoms with Gasteiger partial charge in [0.25, 0.3) is 5.92 Å². The SMILES string of the molecule is FC1=CC(I)=CC(F)(F)C1N=Nc1ccc(I)cc1F. The summed E-state index contributed by atoms with van der Waals surface area (Å²) in [5, 5.41) is 6.65. The minimum absolute atomic E-state index is 0.0806. The van der Waals surface area contributed by atoms with E-state index in [0.717, 1.165) is 6.08 Å². The highest BCUT2D eigenvalue weighted by atomic mass is 127. The van der Waals surface area contributed by atoms with E-state index in [1.54, 1.807) is 28.7 Å². The average molecular weight is 508 g/mol. The standard InChI is InChI=1S/C12H6F4I2N2/c13-8-3-6(17)1-2-10(8)19-20-11-9(14)4-7(18)5-12(11,15)16/h1-5,11H. The average Bonchev–Trinajstić information content (AvgIpc) is 2.29. The van der Waals surface area contributed by atoms with Crippen molar-refractivity contribution < 1.29 is 17.6 Å². The monoisotopic (exact) mass is 508 g/mol. The topological polar surface area (TPSA) is 24.7 Å². The summed E-state index contributed by atoms with van der Waals surface area (Å²) >= 11 is 3.48. The van der Waals surface area contributed by atoms with E-state index in [1.807, 2.05) is 22.6 Å². The van der Waals surface area contributed by atoms with E-state index in [1.165, 1.54) is 12.1 Å². The molecule has 2 rings (SSSR count). The molecular formula is C12H6F4I2N2. The molecule has 2 nitrogen and oxygen atoms in total. The molecular weight excluding hydrogens is 502 g/mol. The molecule has 0 saturated carbocycles. The molecule has 20 heavy (non-hydrogen) atoms. The summed E-state index contributed by atoms with van der Waals surface area (Å²) in [7, 11) is 0. The highest BCUT2D eigenvalue weighted by molar-refractivity contribution is 14.1. The highest BCUT2D eigenvalue weighted by Gasteiger charge is 2.43. The zero-order valence-corrected chi connectivity index (χ0v) is 13.9. The van der Waals surface area contributed by atoms with Crippen LogP contribution in [-0.2, 0) is 0 Å². The Morgan fingerprint density at radius 1 is 1.15 bits per heavy atom. The number of alkyl halides is 2. The van der Waals surface area contributed by atoms with Crippen LogP contribution in [0.2, 0.25) is 0 Å². The van der Waals surface area contributed by atoms with Gasteiger partial charge in [-0.3, -0.25) is 0 Å². The first kappa shape index (κ1) is 15.9. The van der Waals surface area contributed by atoms with Gasteiger partial charge in [-0.1, -0.05) is 0 Å². The van der Waals surface area contributed by atoms with Crippen LogP contribution in [0.5, 0.6) is 0 Å². The maximum Gasteiger partial charge on any atom is 0.297 e. The van der Waals surface area contributed by atoms with Crippen molar-refractivity contribution in [3.63, 3.8) is 0 Å². The van der Waals surface area contributed by atoms with Crippen LogP contribution in [0.4, 0.5) is 23.2 Å². The third kappa shape index (κ3) is 3.57. The van der Waals surface area contributed by atoms with E-state index < -0.39 is 23.6 Å². The van der Waals surface area contributed by atoms with E-state index in [9.17, 15) is 17.6 Å². The van der Waals surface area contributed by atoms with Crippen LogP contribution in [0.1, 0.15) is 0 Å². The number of halogens is 6. The Hall–Kier alpha value is -0.520. The number of hydrogen-bond donors (Lipinski definition) is 0. The lowest BCUT2D eigenvalue weighted by atomic mass is 10.0.